The number of allylic oxidation sites excluding steroid dienone is 1. The highest BCUT2D eigenvalue weighted by Gasteiger charge is 2.07. The number of hydrogen-bond acceptors (Lipinski definition) is 3. The van der Waals surface area contributed by atoms with Crippen molar-refractivity contribution < 1.29 is 9.53 Å². The number of nitrogens with one attached hydrogen (secondary N) is 1. The zero-order valence-electron chi connectivity index (χ0n) is 15.1. The van der Waals surface area contributed by atoms with Gasteiger partial charge in [-0.25, -0.2) is 5.43 Å². The summed E-state index contributed by atoms with van der Waals surface area (Å²) in [6, 6.07) is 27.3. The molecule has 0 aromatic heterocycles. The number of nitrogens with zero attached hydrogens (tertiary/aromatic N) is 1. The van der Waals surface area contributed by atoms with Gasteiger partial charge in [0.1, 0.15) is 5.75 Å². The van der Waals surface area contributed by atoms with Gasteiger partial charge in [0.2, 0.25) is 0 Å². The Balaban J connectivity index is 1.55. The van der Waals surface area contributed by atoms with Gasteiger partial charge in [-0.2, -0.15) is 5.10 Å². The Hall–Kier alpha value is -3.18. The second kappa shape index (κ2) is 10.2. The smallest absolute Gasteiger partial charge is 0.277 e. The van der Waals surface area contributed by atoms with Crippen LogP contribution in [0.5, 0.6) is 5.75 Å². The number of rotatable bonds is 7. The van der Waals surface area contributed by atoms with Gasteiger partial charge in [-0.3, -0.25) is 4.79 Å². The molecular formula is C23H19BrN2O2. The summed E-state index contributed by atoms with van der Waals surface area (Å²) < 4.78 is 6.44. The summed E-state index contributed by atoms with van der Waals surface area (Å²) >= 11 is 3.41. The maximum absolute atomic E-state index is 12.0. The van der Waals surface area contributed by atoms with Crippen molar-refractivity contribution in [3.8, 4) is 16.9 Å². The van der Waals surface area contributed by atoms with Crippen molar-refractivity contribution in [2.24, 2.45) is 5.10 Å². The first-order chi connectivity index (χ1) is 13.7. The Morgan fingerprint density at radius 1 is 0.929 bits per heavy atom. The van der Waals surface area contributed by atoms with E-state index in [1.54, 1.807) is 0 Å². The van der Waals surface area contributed by atoms with E-state index < -0.39 is 0 Å². The molecule has 0 aliphatic rings. The minimum atomic E-state index is -0.334. The number of carbonyl (C=O) groups excluding carboxylic acids is 1. The van der Waals surface area contributed by atoms with E-state index in [9.17, 15) is 4.79 Å². The van der Waals surface area contributed by atoms with E-state index in [1.807, 2.05) is 91.0 Å². The van der Waals surface area contributed by atoms with Crippen molar-refractivity contribution in [1.82, 2.24) is 5.43 Å². The molecule has 3 aromatic rings. The highest BCUT2D eigenvalue weighted by Crippen LogP contribution is 2.29. The molecule has 3 aromatic carbocycles. The maximum atomic E-state index is 12.0. The van der Waals surface area contributed by atoms with Crippen molar-refractivity contribution >= 4 is 34.1 Å². The summed E-state index contributed by atoms with van der Waals surface area (Å²) in [5.41, 5.74) is 5.47. The summed E-state index contributed by atoms with van der Waals surface area (Å²) in [5.74, 6) is 0.317. The molecule has 0 bridgehead atoms. The van der Waals surface area contributed by atoms with Crippen LogP contribution >= 0.6 is 15.9 Å². The van der Waals surface area contributed by atoms with Crippen molar-refractivity contribution in [3.63, 3.8) is 0 Å². The molecule has 140 valence electrons. The van der Waals surface area contributed by atoms with Gasteiger partial charge in [-0.15, -0.1) is 0 Å². The van der Waals surface area contributed by atoms with Crippen LogP contribution in [-0.4, -0.2) is 18.7 Å². The highest BCUT2D eigenvalue weighted by atomic mass is 79.9. The molecule has 0 saturated carbocycles. The van der Waals surface area contributed by atoms with Crippen LogP contribution in [0.2, 0.25) is 0 Å². The monoisotopic (exact) mass is 434 g/mol. The van der Waals surface area contributed by atoms with E-state index in [-0.39, 0.29) is 12.5 Å². The predicted octanol–water partition coefficient (Wildman–Crippen LogP) is 5.27. The van der Waals surface area contributed by atoms with E-state index in [0.717, 1.165) is 21.2 Å². The van der Waals surface area contributed by atoms with Gasteiger partial charge in [0, 0.05) is 10.0 Å². The number of amides is 1. The SMILES string of the molecule is O=C(COc1ccccc1-c1ccccc1)N/N=C\C(Br)=C\c1ccccc1. The molecule has 1 amide bonds. The van der Waals surface area contributed by atoms with Crippen LogP contribution in [0, 0.1) is 0 Å². The summed E-state index contributed by atoms with van der Waals surface area (Å²) in [7, 11) is 0. The second-order valence-corrected chi connectivity index (χ2v) is 6.80. The molecule has 1 N–H and O–H groups in total. The molecule has 3 rings (SSSR count). The van der Waals surface area contributed by atoms with Crippen molar-refractivity contribution in [2.45, 2.75) is 0 Å². The Kier molecular flexibility index (Phi) is 7.15. The number of para-hydroxylation sites is 1. The van der Waals surface area contributed by atoms with Gasteiger partial charge in [-0.05, 0) is 39.2 Å². The average Bonchev–Trinajstić information content (AvgIpc) is 2.74. The van der Waals surface area contributed by atoms with Gasteiger partial charge in [0.05, 0.1) is 6.21 Å². The number of halogens is 1. The van der Waals surface area contributed by atoms with E-state index in [0.29, 0.717) is 5.75 Å². The maximum Gasteiger partial charge on any atom is 0.277 e. The topological polar surface area (TPSA) is 50.7 Å². The molecule has 28 heavy (non-hydrogen) atoms. The normalized spacial score (nSPS) is 11.4. The van der Waals surface area contributed by atoms with Crippen LogP contribution in [0.1, 0.15) is 5.56 Å². The zero-order valence-corrected chi connectivity index (χ0v) is 16.7. The molecule has 0 aliphatic carbocycles. The highest BCUT2D eigenvalue weighted by molar-refractivity contribution is 9.12. The molecule has 0 saturated heterocycles. The Morgan fingerprint density at radius 2 is 1.57 bits per heavy atom. The molecule has 0 heterocycles. The molecule has 0 radical (unpaired) electrons. The van der Waals surface area contributed by atoms with Gasteiger partial charge in [0.25, 0.3) is 5.91 Å². The largest absolute Gasteiger partial charge is 0.483 e. The fraction of sp³-hybridized carbons (Fsp3) is 0.0435. The average molecular weight is 435 g/mol. The number of hydrazone groups is 1. The number of benzene rings is 3. The first-order valence-electron chi connectivity index (χ1n) is 8.74. The molecule has 5 heteroatoms. The number of carbonyl (C=O) groups is 1. The van der Waals surface area contributed by atoms with Crippen molar-refractivity contribution in [2.75, 3.05) is 6.61 Å². The van der Waals surface area contributed by atoms with Crippen LogP contribution in [0.4, 0.5) is 0 Å². The van der Waals surface area contributed by atoms with Gasteiger partial charge >= 0.3 is 0 Å². The zero-order chi connectivity index (χ0) is 19.6. The fourth-order valence-corrected chi connectivity index (χ4v) is 2.90. The van der Waals surface area contributed by atoms with Crippen LogP contribution in [0.25, 0.3) is 17.2 Å². The van der Waals surface area contributed by atoms with E-state index in [2.05, 4.69) is 26.5 Å². The van der Waals surface area contributed by atoms with Crippen LogP contribution in [0.15, 0.2) is 94.5 Å². The first kappa shape index (κ1) is 19.6. The Morgan fingerprint density at radius 3 is 2.32 bits per heavy atom. The molecule has 0 fully saturated rings. The van der Waals surface area contributed by atoms with Crippen LogP contribution in [-0.2, 0) is 4.79 Å². The molecule has 0 aliphatic heterocycles. The Bertz CT molecular complexity index is 970. The van der Waals surface area contributed by atoms with Crippen LogP contribution in [0.3, 0.4) is 0 Å². The van der Waals surface area contributed by atoms with E-state index in [1.165, 1.54) is 6.21 Å². The van der Waals surface area contributed by atoms with Gasteiger partial charge in [0.15, 0.2) is 6.61 Å². The lowest BCUT2D eigenvalue weighted by atomic mass is 10.1. The lowest BCUT2D eigenvalue weighted by Crippen LogP contribution is -2.24. The minimum absolute atomic E-state index is 0.124. The summed E-state index contributed by atoms with van der Waals surface area (Å²) in [6.45, 7) is -0.124. The summed E-state index contributed by atoms with van der Waals surface area (Å²) in [6.07, 6.45) is 3.44. The molecular weight excluding hydrogens is 416 g/mol. The van der Waals surface area contributed by atoms with E-state index >= 15 is 0 Å². The lowest BCUT2D eigenvalue weighted by Gasteiger charge is -2.10. The number of ether oxygens (including phenoxy) is 1. The third-order valence-corrected chi connectivity index (χ3v) is 4.25. The standard InChI is InChI=1S/C23H19BrN2O2/c24-20(15-18-9-3-1-4-10-18)16-25-26-23(27)17-28-22-14-8-7-13-21(22)19-11-5-2-6-12-19/h1-16H,17H2,(H,26,27)/b20-15-,25-16-. The fourth-order valence-electron chi connectivity index (χ4n) is 2.54. The lowest BCUT2D eigenvalue weighted by molar-refractivity contribution is -0.123. The van der Waals surface area contributed by atoms with Crippen molar-refractivity contribution in [1.29, 1.82) is 0 Å². The van der Waals surface area contributed by atoms with E-state index in [4.69, 9.17) is 4.74 Å². The molecule has 4 nitrogen and oxygen atoms in total. The predicted molar refractivity (Wildman–Crippen MR) is 117 cm³/mol. The first-order valence-corrected chi connectivity index (χ1v) is 9.53. The number of hydrogen-bond donors (Lipinski definition) is 1. The molecule has 0 unspecified atom stereocenters. The summed E-state index contributed by atoms with van der Waals surface area (Å²) in [5, 5.41) is 3.94. The van der Waals surface area contributed by atoms with Crippen LogP contribution < -0.4 is 10.2 Å². The van der Waals surface area contributed by atoms with Gasteiger partial charge < -0.3 is 4.74 Å². The van der Waals surface area contributed by atoms with Gasteiger partial charge in [-0.1, -0.05) is 78.9 Å². The molecule has 0 atom stereocenters. The third-order valence-electron chi connectivity index (χ3n) is 3.81. The Labute approximate surface area is 172 Å². The summed E-state index contributed by atoms with van der Waals surface area (Å²) in [4.78, 5) is 12.0. The molecule has 0 spiro atoms. The minimum Gasteiger partial charge on any atom is -0.483 e. The second-order valence-electron chi connectivity index (χ2n) is 5.88. The quantitative estimate of drug-likeness (QED) is 0.406. The van der Waals surface area contributed by atoms with Crippen molar-refractivity contribution in [3.05, 3.63) is 95.0 Å². The third kappa shape index (κ3) is 5.93.